The smallest absolute Gasteiger partial charge is 0.273 e. The fraction of sp³-hybridized carbons (Fsp3) is 0.375. The molecule has 0 saturated heterocycles. The first-order valence-electron chi connectivity index (χ1n) is 11.2. The molecule has 33 heavy (non-hydrogen) atoms. The summed E-state index contributed by atoms with van der Waals surface area (Å²) in [6.45, 7) is 4.13. The van der Waals surface area contributed by atoms with Crippen LogP contribution in [-0.2, 0) is 11.8 Å². The number of nitrogens with zero attached hydrogens (tertiary/aromatic N) is 3. The quantitative estimate of drug-likeness (QED) is 0.486. The molecule has 3 aromatic rings. The van der Waals surface area contributed by atoms with Gasteiger partial charge in [-0.05, 0) is 54.5 Å². The standard InChI is InChI=1S/C24H27N7O2/c1-24(2)11-14-12-26-23(25)29-18(14)19-17(24)20(31-30-19)22(33)28-16-9-7-13(8-10-16)21(32)27-15-5-3-4-6-15/h7-10,12,15H,3-6,11H2,1-2H3,(H,27,32)(H,28,33)(H,30,31)(H2,25,26,29). The number of hydrogen-bond donors (Lipinski definition) is 4. The third-order valence-corrected chi connectivity index (χ3v) is 6.51. The fourth-order valence-corrected chi connectivity index (χ4v) is 4.89. The molecule has 1 fully saturated rings. The second kappa shape index (κ2) is 7.99. The predicted molar refractivity (Wildman–Crippen MR) is 125 cm³/mol. The second-order valence-corrected chi connectivity index (χ2v) is 9.47. The number of carbonyl (C=O) groups excluding carboxylic acids is 2. The number of H-pyrrole nitrogens is 1. The van der Waals surface area contributed by atoms with Gasteiger partial charge in [0.2, 0.25) is 5.95 Å². The third kappa shape index (κ3) is 3.94. The lowest BCUT2D eigenvalue weighted by Crippen LogP contribution is -2.32. The van der Waals surface area contributed by atoms with Crippen molar-refractivity contribution in [2.75, 3.05) is 11.1 Å². The van der Waals surface area contributed by atoms with Crippen LogP contribution in [0.1, 0.15) is 71.5 Å². The molecule has 0 aliphatic heterocycles. The van der Waals surface area contributed by atoms with Gasteiger partial charge in [0.05, 0.1) is 5.69 Å². The van der Waals surface area contributed by atoms with Crippen molar-refractivity contribution in [3.63, 3.8) is 0 Å². The van der Waals surface area contributed by atoms with Crippen LogP contribution in [0, 0.1) is 0 Å². The molecule has 0 spiro atoms. The van der Waals surface area contributed by atoms with Crippen LogP contribution in [0.4, 0.5) is 11.6 Å². The topological polar surface area (TPSA) is 139 Å². The van der Waals surface area contributed by atoms with Crippen molar-refractivity contribution < 1.29 is 9.59 Å². The molecule has 170 valence electrons. The maximum absolute atomic E-state index is 13.1. The molecule has 1 aromatic carbocycles. The number of aromatic nitrogens is 4. The number of fused-ring (bicyclic) bond motifs is 3. The highest BCUT2D eigenvalue weighted by Crippen LogP contribution is 2.42. The van der Waals surface area contributed by atoms with Crippen molar-refractivity contribution >= 4 is 23.5 Å². The van der Waals surface area contributed by atoms with Gasteiger partial charge in [-0.1, -0.05) is 26.7 Å². The average molecular weight is 446 g/mol. The normalized spacial score (nSPS) is 16.7. The Morgan fingerprint density at radius 2 is 1.82 bits per heavy atom. The van der Waals surface area contributed by atoms with E-state index < -0.39 is 0 Å². The molecule has 2 aliphatic rings. The maximum atomic E-state index is 13.1. The molecule has 2 heterocycles. The molecule has 2 amide bonds. The first-order chi connectivity index (χ1) is 15.8. The first kappa shape index (κ1) is 21.1. The van der Waals surface area contributed by atoms with Gasteiger partial charge in [-0.25, -0.2) is 9.97 Å². The summed E-state index contributed by atoms with van der Waals surface area (Å²) in [6, 6.07) is 7.18. The Balaban J connectivity index is 1.35. The van der Waals surface area contributed by atoms with Gasteiger partial charge in [-0.3, -0.25) is 14.7 Å². The van der Waals surface area contributed by atoms with Crippen molar-refractivity contribution in [3.05, 3.63) is 52.8 Å². The molecule has 1 saturated carbocycles. The highest BCUT2D eigenvalue weighted by molar-refractivity contribution is 6.05. The molecule has 0 unspecified atom stereocenters. The Labute approximate surface area is 191 Å². The van der Waals surface area contributed by atoms with E-state index in [1.165, 1.54) is 0 Å². The molecule has 5 N–H and O–H groups in total. The monoisotopic (exact) mass is 445 g/mol. The molecule has 9 heteroatoms. The lowest BCUT2D eigenvalue weighted by Gasteiger charge is -2.30. The van der Waals surface area contributed by atoms with Crippen LogP contribution in [-0.4, -0.2) is 38.0 Å². The summed E-state index contributed by atoms with van der Waals surface area (Å²) in [5.41, 5.74) is 10.0. The number of nitrogens with one attached hydrogen (secondary N) is 3. The van der Waals surface area contributed by atoms with Gasteiger partial charge >= 0.3 is 0 Å². The van der Waals surface area contributed by atoms with E-state index in [2.05, 4.69) is 44.6 Å². The zero-order valence-corrected chi connectivity index (χ0v) is 18.7. The lowest BCUT2D eigenvalue weighted by molar-refractivity contribution is 0.0937. The second-order valence-electron chi connectivity index (χ2n) is 9.47. The Morgan fingerprint density at radius 1 is 1.09 bits per heavy atom. The number of nitrogen functional groups attached to an aromatic ring is 1. The minimum atomic E-state index is -0.344. The van der Waals surface area contributed by atoms with Crippen molar-refractivity contribution in [3.8, 4) is 11.4 Å². The third-order valence-electron chi connectivity index (χ3n) is 6.51. The van der Waals surface area contributed by atoms with Crippen molar-refractivity contribution in [1.82, 2.24) is 25.5 Å². The van der Waals surface area contributed by atoms with Gasteiger partial charge in [0.1, 0.15) is 11.4 Å². The van der Waals surface area contributed by atoms with Gasteiger partial charge < -0.3 is 16.4 Å². The summed E-state index contributed by atoms with van der Waals surface area (Å²) in [6.07, 6.45) is 6.79. The molecule has 9 nitrogen and oxygen atoms in total. The van der Waals surface area contributed by atoms with Crippen LogP contribution in [0.15, 0.2) is 30.5 Å². The average Bonchev–Trinajstić information content (AvgIpc) is 3.45. The highest BCUT2D eigenvalue weighted by Gasteiger charge is 2.38. The number of rotatable bonds is 4. The number of anilines is 2. The number of amides is 2. The molecule has 0 bridgehead atoms. The van der Waals surface area contributed by atoms with Gasteiger partial charge in [-0.15, -0.1) is 0 Å². The SMILES string of the molecule is CC1(C)Cc2cnc(N)nc2-c2n[nH]c(C(=O)Nc3ccc(C(=O)NC4CCCC4)cc3)c21. The molecular formula is C24H27N7O2. The molecule has 0 radical (unpaired) electrons. The van der Waals surface area contributed by atoms with E-state index in [1.54, 1.807) is 30.5 Å². The zero-order chi connectivity index (χ0) is 23.2. The molecule has 2 aliphatic carbocycles. The Morgan fingerprint density at radius 3 is 2.55 bits per heavy atom. The van der Waals surface area contributed by atoms with E-state index in [9.17, 15) is 9.59 Å². The minimum absolute atomic E-state index is 0.0795. The number of benzene rings is 1. The van der Waals surface area contributed by atoms with Crippen LogP contribution in [0.3, 0.4) is 0 Å². The minimum Gasteiger partial charge on any atom is -0.368 e. The van der Waals surface area contributed by atoms with Crippen LogP contribution in [0.2, 0.25) is 0 Å². The van der Waals surface area contributed by atoms with E-state index in [-0.39, 0.29) is 29.2 Å². The number of nitrogens with two attached hydrogens (primary N) is 1. The van der Waals surface area contributed by atoms with Crippen LogP contribution < -0.4 is 16.4 Å². The van der Waals surface area contributed by atoms with E-state index >= 15 is 0 Å². The zero-order valence-electron chi connectivity index (χ0n) is 18.7. The van der Waals surface area contributed by atoms with E-state index in [0.29, 0.717) is 34.8 Å². The summed E-state index contributed by atoms with van der Waals surface area (Å²) < 4.78 is 0. The van der Waals surface area contributed by atoms with Crippen molar-refractivity contribution in [2.45, 2.75) is 57.4 Å². The largest absolute Gasteiger partial charge is 0.368 e. The number of hydrogen-bond acceptors (Lipinski definition) is 6. The summed E-state index contributed by atoms with van der Waals surface area (Å²) >= 11 is 0. The fourth-order valence-electron chi connectivity index (χ4n) is 4.89. The Hall–Kier alpha value is -3.75. The highest BCUT2D eigenvalue weighted by atomic mass is 16.2. The van der Waals surface area contributed by atoms with Gasteiger partial charge in [0, 0.05) is 29.1 Å². The Bertz CT molecular complexity index is 1220. The van der Waals surface area contributed by atoms with Gasteiger partial charge in [0.15, 0.2) is 0 Å². The summed E-state index contributed by atoms with van der Waals surface area (Å²) in [4.78, 5) is 34.0. The first-order valence-corrected chi connectivity index (χ1v) is 11.2. The van der Waals surface area contributed by atoms with E-state index in [0.717, 1.165) is 36.8 Å². The summed E-state index contributed by atoms with van der Waals surface area (Å²) in [5, 5.41) is 13.3. The van der Waals surface area contributed by atoms with E-state index in [4.69, 9.17) is 5.73 Å². The van der Waals surface area contributed by atoms with Gasteiger partial charge in [0.25, 0.3) is 11.8 Å². The van der Waals surface area contributed by atoms with Crippen molar-refractivity contribution in [1.29, 1.82) is 0 Å². The lowest BCUT2D eigenvalue weighted by atomic mass is 9.73. The summed E-state index contributed by atoms with van der Waals surface area (Å²) in [7, 11) is 0. The van der Waals surface area contributed by atoms with Gasteiger partial charge in [-0.2, -0.15) is 5.10 Å². The molecule has 2 aromatic heterocycles. The maximum Gasteiger partial charge on any atom is 0.273 e. The van der Waals surface area contributed by atoms with Crippen LogP contribution in [0.25, 0.3) is 11.4 Å². The molecular weight excluding hydrogens is 418 g/mol. The van der Waals surface area contributed by atoms with E-state index in [1.807, 2.05) is 0 Å². The molecule has 5 rings (SSSR count). The number of carbonyl (C=O) groups is 2. The number of aromatic amines is 1. The Kier molecular flexibility index (Phi) is 5.11. The summed E-state index contributed by atoms with van der Waals surface area (Å²) in [5.74, 6) is -0.208. The van der Waals surface area contributed by atoms with Crippen molar-refractivity contribution in [2.24, 2.45) is 0 Å². The van der Waals surface area contributed by atoms with Crippen LogP contribution in [0.5, 0.6) is 0 Å². The predicted octanol–water partition coefficient (Wildman–Crippen LogP) is 3.21. The molecule has 0 atom stereocenters. The van der Waals surface area contributed by atoms with Crippen LogP contribution >= 0.6 is 0 Å².